The van der Waals surface area contributed by atoms with Gasteiger partial charge in [-0.2, -0.15) is 0 Å². The molecule has 0 unspecified atom stereocenters. The SMILES string of the molecule is Cc1cccc2cc(C(=O)C3(CN)CC3)oc12. The predicted molar refractivity (Wildman–Crippen MR) is 66.0 cm³/mol. The lowest BCUT2D eigenvalue weighted by atomic mass is 9.99. The van der Waals surface area contributed by atoms with Gasteiger partial charge in [-0.3, -0.25) is 4.79 Å². The lowest BCUT2D eigenvalue weighted by Gasteiger charge is -2.07. The smallest absolute Gasteiger partial charge is 0.205 e. The molecule has 17 heavy (non-hydrogen) atoms. The summed E-state index contributed by atoms with van der Waals surface area (Å²) < 4.78 is 5.68. The first-order chi connectivity index (χ1) is 8.16. The van der Waals surface area contributed by atoms with E-state index >= 15 is 0 Å². The number of carbonyl (C=O) groups excluding carboxylic acids is 1. The molecule has 0 aliphatic heterocycles. The van der Waals surface area contributed by atoms with Crippen LogP contribution in [0.25, 0.3) is 11.0 Å². The summed E-state index contributed by atoms with van der Waals surface area (Å²) in [6, 6.07) is 7.75. The van der Waals surface area contributed by atoms with Gasteiger partial charge in [0.05, 0.1) is 0 Å². The van der Waals surface area contributed by atoms with Gasteiger partial charge in [0, 0.05) is 17.3 Å². The molecule has 1 aliphatic carbocycles. The molecule has 2 aromatic rings. The Morgan fingerprint density at radius 2 is 2.24 bits per heavy atom. The van der Waals surface area contributed by atoms with Gasteiger partial charge in [0.2, 0.25) is 5.78 Å². The molecule has 1 aromatic carbocycles. The van der Waals surface area contributed by atoms with Crippen LogP contribution in [0, 0.1) is 12.3 Å². The average molecular weight is 229 g/mol. The van der Waals surface area contributed by atoms with Crippen LogP contribution < -0.4 is 5.73 Å². The maximum Gasteiger partial charge on any atom is 0.205 e. The maximum absolute atomic E-state index is 12.3. The van der Waals surface area contributed by atoms with Crippen molar-refractivity contribution >= 4 is 16.8 Å². The highest BCUT2D eigenvalue weighted by Gasteiger charge is 2.49. The number of rotatable bonds is 3. The molecule has 3 rings (SSSR count). The minimum Gasteiger partial charge on any atom is -0.453 e. The van der Waals surface area contributed by atoms with Crippen molar-refractivity contribution < 1.29 is 9.21 Å². The van der Waals surface area contributed by atoms with E-state index in [9.17, 15) is 4.79 Å². The zero-order chi connectivity index (χ0) is 12.0. The van der Waals surface area contributed by atoms with Crippen LogP contribution in [0.5, 0.6) is 0 Å². The highest BCUT2D eigenvalue weighted by Crippen LogP contribution is 2.47. The number of benzene rings is 1. The zero-order valence-electron chi connectivity index (χ0n) is 9.82. The number of ketones is 1. The van der Waals surface area contributed by atoms with Gasteiger partial charge in [0.1, 0.15) is 5.58 Å². The summed E-state index contributed by atoms with van der Waals surface area (Å²) in [7, 11) is 0. The van der Waals surface area contributed by atoms with Crippen molar-refractivity contribution in [2.75, 3.05) is 6.54 Å². The molecular formula is C14H15NO2. The number of furan rings is 1. The van der Waals surface area contributed by atoms with E-state index in [1.54, 1.807) is 0 Å². The number of para-hydroxylation sites is 1. The average Bonchev–Trinajstić information content (AvgIpc) is 3.01. The summed E-state index contributed by atoms with van der Waals surface area (Å²) in [5, 5.41) is 0.987. The van der Waals surface area contributed by atoms with Crippen molar-refractivity contribution in [1.82, 2.24) is 0 Å². The molecule has 1 aromatic heterocycles. The normalized spacial score (nSPS) is 17.3. The van der Waals surface area contributed by atoms with E-state index in [4.69, 9.17) is 10.2 Å². The quantitative estimate of drug-likeness (QED) is 0.823. The molecule has 3 heteroatoms. The lowest BCUT2D eigenvalue weighted by molar-refractivity contribution is 0.0879. The first-order valence-corrected chi connectivity index (χ1v) is 5.90. The van der Waals surface area contributed by atoms with E-state index in [1.807, 2.05) is 31.2 Å². The van der Waals surface area contributed by atoms with Crippen LogP contribution in [0.4, 0.5) is 0 Å². The van der Waals surface area contributed by atoms with Crippen LogP contribution in [0.3, 0.4) is 0 Å². The van der Waals surface area contributed by atoms with Crippen LogP contribution in [-0.2, 0) is 0 Å². The highest BCUT2D eigenvalue weighted by molar-refractivity contribution is 6.03. The monoisotopic (exact) mass is 229 g/mol. The fourth-order valence-corrected chi connectivity index (χ4v) is 2.26. The Labute approximate surface area is 99.6 Å². The first kappa shape index (κ1) is 10.5. The molecule has 2 N–H and O–H groups in total. The van der Waals surface area contributed by atoms with E-state index < -0.39 is 0 Å². The van der Waals surface area contributed by atoms with Crippen molar-refractivity contribution in [3.63, 3.8) is 0 Å². The number of aryl methyl sites for hydroxylation is 1. The van der Waals surface area contributed by atoms with Gasteiger partial charge in [0.15, 0.2) is 5.76 Å². The van der Waals surface area contributed by atoms with E-state index in [0.29, 0.717) is 12.3 Å². The molecule has 0 amide bonds. The molecular weight excluding hydrogens is 214 g/mol. The zero-order valence-corrected chi connectivity index (χ0v) is 9.82. The topological polar surface area (TPSA) is 56.2 Å². The Kier molecular flexibility index (Phi) is 2.13. The number of nitrogens with two attached hydrogens (primary N) is 1. The van der Waals surface area contributed by atoms with Crippen molar-refractivity contribution in [3.05, 3.63) is 35.6 Å². The second-order valence-corrected chi connectivity index (χ2v) is 4.92. The molecule has 0 atom stereocenters. The van der Waals surface area contributed by atoms with Gasteiger partial charge >= 0.3 is 0 Å². The van der Waals surface area contributed by atoms with Gasteiger partial charge in [-0.25, -0.2) is 0 Å². The van der Waals surface area contributed by atoms with Gasteiger partial charge < -0.3 is 10.2 Å². The summed E-state index contributed by atoms with van der Waals surface area (Å²) in [4.78, 5) is 12.3. The Hall–Kier alpha value is -1.61. The summed E-state index contributed by atoms with van der Waals surface area (Å²) >= 11 is 0. The van der Waals surface area contributed by atoms with Crippen molar-refractivity contribution in [2.24, 2.45) is 11.1 Å². The minimum atomic E-state index is -0.332. The number of hydrogen-bond donors (Lipinski definition) is 1. The summed E-state index contributed by atoms with van der Waals surface area (Å²) in [6.07, 6.45) is 1.77. The maximum atomic E-state index is 12.3. The molecule has 0 bridgehead atoms. The largest absolute Gasteiger partial charge is 0.453 e. The van der Waals surface area contributed by atoms with Crippen LogP contribution in [0.2, 0.25) is 0 Å². The molecule has 88 valence electrons. The third kappa shape index (κ3) is 1.50. The van der Waals surface area contributed by atoms with E-state index in [2.05, 4.69) is 0 Å². The van der Waals surface area contributed by atoms with Crippen molar-refractivity contribution in [3.8, 4) is 0 Å². The molecule has 1 aliphatic rings. The predicted octanol–water partition coefficient (Wildman–Crippen LogP) is 2.66. The summed E-state index contributed by atoms with van der Waals surface area (Å²) in [6.45, 7) is 2.40. The first-order valence-electron chi connectivity index (χ1n) is 5.90. The molecule has 1 saturated carbocycles. The molecule has 3 nitrogen and oxygen atoms in total. The Morgan fingerprint density at radius 3 is 2.82 bits per heavy atom. The van der Waals surface area contributed by atoms with E-state index in [0.717, 1.165) is 29.4 Å². The molecule has 1 heterocycles. The molecule has 0 radical (unpaired) electrons. The highest BCUT2D eigenvalue weighted by atomic mass is 16.3. The van der Waals surface area contributed by atoms with Gasteiger partial charge in [0.25, 0.3) is 0 Å². The summed E-state index contributed by atoms with van der Waals surface area (Å²) in [5.74, 6) is 0.521. The number of hydrogen-bond acceptors (Lipinski definition) is 3. The standard InChI is InChI=1S/C14H15NO2/c1-9-3-2-4-10-7-11(17-12(9)10)13(16)14(8-15)5-6-14/h2-4,7H,5-6,8,15H2,1H3. The van der Waals surface area contributed by atoms with Crippen LogP contribution in [0.1, 0.15) is 29.0 Å². The fourth-order valence-electron chi connectivity index (χ4n) is 2.26. The van der Waals surface area contributed by atoms with Crippen LogP contribution >= 0.6 is 0 Å². The fraction of sp³-hybridized carbons (Fsp3) is 0.357. The van der Waals surface area contributed by atoms with Gasteiger partial charge in [-0.1, -0.05) is 18.2 Å². The van der Waals surface area contributed by atoms with Crippen LogP contribution in [0.15, 0.2) is 28.7 Å². The van der Waals surface area contributed by atoms with Gasteiger partial charge in [-0.05, 0) is 31.4 Å². The van der Waals surface area contributed by atoms with E-state index in [-0.39, 0.29) is 11.2 Å². The molecule has 0 spiro atoms. The van der Waals surface area contributed by atoms with Crippen molar-refractivity contribution in [2.45, 2.75) is 19.8 Å². The summed E-state index contributed by atoms with van der Waals surface area (Å²) in [5.41, 5.74) is 7.20. The number of Topliss-reactive ketones (excluding diaryl/α,β-unsaturated/α-hetero) is 1. The molecule has 1 fully saturated rings. The Morgan fingerprint density at radius 1 is 1.47 bits per heavy atom. The van der Waals surface area contributed by atoms with E-state index in [1.165, 1.54) is 0 Å². The number of fused-ring (bicyclic) bond motifs is 1. The molecule has 0 saturated heterocycles. The van der Waals surface area contributed by atoms with Gasteiger partial charge in [-0.15, -0.1) is 0 Å². The Balaban J connectivity index is 2.07. The van der Waals surface area contributed by atoms with Crippen molar-refractivity contribution in [1.29, 1.82) is 0 Å². The second-order valence-electron chi connectivity index (χ2n) is 4.92. The minimum absolute atomic E-state index is 0.0654. The number of carbonyl (C=O) groups is 1. The third-order valence-electron chi connectivity index (χ3n) is 3.69. The Bertz CT molecular complexity index is 593. The second kappa shape index (κ2) is 3.44. The third-order valence-corrected chi connectivity index (χ3v) is 3.69. The van der Waals surface area contributed by atoms with Crippen LogP contribution in [-0.4, -0.2) is 12.3 Å². The lowest BCUT2D eigenvalue weighted by Crippen LogP contribution is -2.24.